The summed E-state index contributed by atoms with van der Waals surface area (Å²) in [5.41, 5.74) is 6.91. The number of nitrogen functional groups attached to an aromatic ring is 1. The molecule has 0 spiro atoms. The molecule has 0 aliphatic rings. The lowest BCUT2D eigenvalue weighted by Gasteiger charge is -2.06. The van der Waals surface area contributed by atoms with Gasteiger partial charge in [0.25, 0.3) is 0 Å². The molecule has 1 atom stereocenters. The normalized spacial score (nSPS) is 12.3. The van der Waals surface area contributed by atoms with Gasteiger partial charge in [-0.3, -0.25) is 4.21 Å². The Morgan fingerprint density at radius 1 is 1.11 bits per heavy atom. The van der Waals surface area contributed by atoms with Crippen LogP contribution in [0, 0.1) is 11.6 Å². The molecular weight excluding hydrogens is 256 g/mol. The Hall–Kier alpha value is -1.75. The Kier molecular flexibility index (Phi) is 3.72. The van der Waals surface area contributed by atoms with Gasteiger partial charge >= 0.3 is 0 Å². The molecule has 1 unspecified atom stereocenters. The molecule has 0 heterocycles. The molecule has 2 N–H and O–H groups in total. The highest BCUT2D eigenvalue weighted by atomic mass is 32.2. The van der Waals surface area contributed by atoms with Crippen LogP contribution in [0.15, 0.2) is 47.4 Å². The van der Waals surface area contributed by atoms with Gasteiger partial charge in [0.15, 0.2) is 0 Å². The Balaban J connectivity index is 2.25. The molecule has 18 heavy (non-hydrogen) atoms. The average Bonchev–Trinajstić information content (AvgIpc) is 2.32. The second-order valence-electron chi connectivity index (χ2n) is 3.76. The van der Waals surface area contributed by atoms with Gasteiger partial charge in [-0.25, -0.2) is 8.78 Å². The summed E-state index contributed by atoms with van der Waals surface area (Å²) in [6.45, 7) is 0. The third-order valence-electron chi connectivity index (χ3n) is 2.48. The number of hydrogen-bond donors (Lipinski definition) is 1. The summed E-state index contributed by atoms with van der Waals surface area (Å²) in [6, 6.07) is 9.96. The minimum atomic E-state index is -1.59. The quantitative estimate of drug-likeness (QED) is 0.869. The van der Waals surface area contributed by atoms with Gasteiger partial charge in [0, 0.05) is 11.8 Å². The fourth-order valence-corrected chi connectivity index (χ4v) is 2.74. The smallest absolute Gasteiger partial charge is 0.142 e. The van der Waals surface area contributed by atoms with Crippen molar-refractivity contribution in [2.45, 2.75) is 10.6 Å². The average molecular weight is 267 g/mol. The second kappa shape index (κ2) is 5.27. The van der Waals surface area contributed by atoms with Crippen molar-refractivity contribution in [1.82, 2.24) is 0 Å². The van der Waals surface area contributed by atoms with E-state index in [0.717, 1.165) is 12.1 Å². The summed E-state index contributed by atoms with van der Waals surface area (Å²) in [4.78, 5) is -0.0142. The Morgan fingerprint density at radius 2 is 1.83 bits per heavy atom. The number of halogens is 2. The number of anilines is 1. The molecule has 0 aliphatic heterocycles. The van der Waals surface area contributed by atoms with Crippen molar-refractivity contribution >= 4 is 16.5 Å². The van der Waals surface area contributed by atoms with E-state index in [0.29, 0.717) is 11.3 Å². The molecule has 2 nitrogen and oxygen atoms in total. The van der Waals surface area contributed by atoms with E-state index in [2.05, 4.69) is 0 Å². The highest BCUT2D eigenvalue weighted by molar-refractivity contribution is 7.84. The summed E-state index contributed by atoms with van der Waals surface area (Å²) in [7, 11) is -1.59. The summed E-state index contributed by atoms with van der Waals surface area (Å²) < 4.78 is 38.2. The number of para-hydroxylation sites is 1. The van der Waals surface area contributed by atoms with Crippen LogP contribution in [0.3, 0.4) is 0 Å². The molecule has 94 valence electrons. The van der Waals surface area contributed by atoms with Crippen molar-refractivity contribution in [2.75, 3.05) is 5.73 Å². The van der Waals surface area contributed by atoms with Crippen LogP contribution in [0.1, 0.15) is 5.56 Å². The first-order valence-corrected chi connectivity index (χ1v) is 6.56. The van der Waals surface area contributed by atoms with Crippen molar-refractivity contribution in [1.29, 1.82) is 0 Å². The summed E-state index contributed by atoms with van der Waals surface area (Å²) in [6.07, 6.45) is 0. The van der Waals surface area contributed by atoms with E-state index in [9.17, 15) is 13.0 Å². The van der Waals surface area contributed by atoms with Crippen molar-refractivity contribution < 1.29 is 13.0 Å². The van der Waals surface area contributed by atoms with Gasteiger partial charge in [-0.05, 0) is 23.8 Å². The summed E-state index contributed by atoms with van der Waals surface area (Å²) in [5.74, 6) is -1.38. The van der Waals surface area contributed by atoms with E-state index < -0.39 is 22.4 Å². The van der Waals surface area contributed by atoms with Crippen LogP contribution < -0.4 is 5.73 Å². The highest BCUT2D eigenvalue weighted by Gasteiger charge is 2.12. The molecule has 0 saturated heterocycles. The van der Waals surface area contributed by atoms with E-state index in [1.165, 1.54) is 6.07 Å². The van der Waals surface area contributed by atoms with Crippen LogP contribution in [0.4, 0.5) is 14.5 Å². The highest BCUT2D eigenvalue weighted by Crippen LogP contribution is 2.19. The lowest BCUT2D eigenvalue weighted by Crippen LogP contribution is -2.02. The van der Waals surface area contributed by atoms with Gasteiger partial charge in [-0.1, -0.05) is 18.2 Å². The number of nitrogens with two attached hydrogens (primary N) is 1. The van der Waals surface area contributed by atoms with Gasteiger partial charge in [-0.15, -0.1) is 0 Å². The molecule has 0 aliphatic carbocycles. The first kappa shape index (κ1) is 12.7. The van der Waals surface area contributed by atoms with Crippen molar-refractivity contribution in [3.8, 4) is 0 Å². The molecule has 2 rings (SSSR count). The maximum Gasteiger partial charge on any atom is 0.142 e. The lowest BCUT2D eigenvalue weighted by molar-refractivity contribution is 0.562. The van der Waals surface area contributed by atoms with Gasteiger partial charge in [-0.2, -0.15) is 0 Å². The molecule has 0 fully saturated rings. The third-order valence-corrected chi connectivity index (χ3v) is 3.88. The SMILES string of the molecule is Nc1ccccc1CS(=O)c1ccc(F)cc1F. The Bertz CT molecular complexity index is 601. The van der Waals surface area contributed by atoms with Crippen molar-refractivity contribution in [3.63, 3.8) is 0 Å². The Labute approximate surface area is 106 Å². The first-order chi connectivity index (χ1) is 8.58. The monoisotopic (exact) mass is 267 g/mol. The Morgan fingerprint density at radius 3 is 2.50 bits per heavy atom. The van der Waals surface area contributed by atoms with Crippen molar-refractivity contribution in [2.24, 2.45) is 0 Å². The number of benzene rings is 2. The molecule has 2 aromatic carbocycles. The van der Waals surface area contributed by atoms with Crippen molar-refractivity contribution in [3.05, 3.63) is 59.7 Å². The topological polar surface area (TPSA) is 43.1 Å². The zero-order valence-corrected chi connectivity index (χ0v) is 10.2. The fraction of sp³-hybridized carbons (Fsp3) is 0.0769. The van der Waals surface area contributed by atoms with Gasteiger partial charge in [0.05, 0.1) is 21.4 Å². The maximum atomic E-state index is 13.4. The van der Waals surface area contributed by atoms with Gasteiger partial charge in [0.2, 0.25) is 0 Å². The van der Waals surface area contributed by atoms with Crippen LogP contribution in [-0.2, 0) is 16.6 Å². The van der Waals surface area contributed by atoms with Crippen LogP contribution in [0.2, 0.25) is 0 Å². The lowest BCUT2D eigenvalue weighted by atomic mass is 10.2. The summed E-state index contributed by atoms with van der Waals surface area (Å²) in [5, 5.41) is 0. The zero-order chi connectivity index (χ0) is 13.1. The fourth-order valence-electron chi connectivity index (χ4n) is 1.54. The molecule has 2 aromatic rings. The molecule has 0 aromatic heterocycles. The van der Waals surface area contributed by atoms with E-state index in [1.54, 1.807) is 24.3 Å². The third kappa shape index (κ3) is 2.73. The van der Waals surface area contributed by atoms with Crippen LogP contribution in [0.25, 0.3) is 0 Å². The molecular formula is C13H11F2NOS. The standard InChI is InChI=1S/C13H11F2NOS/c14-10-5-6-13(11(15)7-10)18(17)8-9-3-1-2-4-12(9)16/h1-7H,8,16H2. The molecule has 0 amide bonds. The predicted molar refractivity (Wildman–Crippen MR) is 67.3 cm³/mol. The number of rotatable bonds is 3. The van der Waals surface area contributed by atoms with E-state index >= 15 is 0 Å². The largest absolute Gasteiger partial charge is 0.398 e. The molecule has 0 radical (unpaired) electrons. The van der Waals surface area contributed by atoms with E-state index in [1.807, 2.05) is 0 Å². The summed E-state index contributed by atoms with van der Waals surface area (Å²) >= 11 is 0. The van der Waals surface area contributed by atoms with Gasteiger partial charge < -0.3 is 5.73 Å². The van der Waals surface area contributed by atoms with E-state index in [4.69, 9.17) is 5.73 Å². The van der Waals surface area contributed by atoms with Crippen LogP contribution in [-0.4, -0.2) is 4.21 Å². The van der Waals surface area contributed by atoms with Crippen LogP contribution >= 0.6 is 0 Å². The minimum absolute atomic E-state index is 0.0142. The predicted octanol–water partition coefficient (Wildman–Crippen LogP) is 2.85. The second-order valence-corrected chi connectivity index (χ2v) is 5.18. The van der Waals surface area contributed by atoms with Crippen LogP contribution in [0.5, 0.6) is 0 Å². The number of hydrogen-bond acceptors (Lipinski definition) is 2. The zero-order valence-electron chi connectivity index (χ0n) is 9.40. The van der Waals surface area contributed by atoms with Gasteiger partial charge in [0.1, 0.15) is 11.6 Å². The van der Waals surface area contributed by atoms with E-state index in [-0.39, 0.29) is 10.6 Å². The first-order valence-electron chi connectivity index (χ1n) is 5.25. The molecule has 5 heteroatoms. The minimum Gasteiger partial charge on any atom is -0.398 e. The molecule has 0 saturated carbocycles. The maximum absolute atomic E-state index is 13.4. The molecule has 0 bridgehead atoms.